The SMILES string of the molecule is C=c1c2c[nH]c3scc4/c(=C/N)c5ccc6c(=C\S)/c(=C/N)c7cc8scc2c8c2c1c(c34)c5c6c72. The topological polar surface area (TPSA) is 67.8 Å². The predicted molar refractivity (Wildman–Crippen MR) is 165 cm³/mol. The van der Waals surface area contributed by atoms with Gasteiger partial charge in [0.15, 0.2) is 0 Å². The van der Waals surface area contributed by atoms with Crippen LogP contribution in [0.3, 0.4) is 0 Å². The van der Waals surface area contributed by atoms with Gasteiger partial charge in [0, 0.05) is 76.8 Å². The summed E-state index contributed by atoms with van der Waals surface area (Å²) in [6.45, 7) is 4.69. The first-order valence-electron chi connectivity index (χ1n) is 11.7. The van der Waals surface area contributed by atoms with Crippen LogP contribution in [0, 0.1) is 0 Å². The van der Waals surface area contributed by atoms with Crippen LogP contribution in [0.5, 0.6) is 0 Å². The van der Waals surface area contributed by atoms with Crippen molar-refractivity contribution in [2.24, 2.45) is 11.5 Å². The number of hydrogen-bond acceptors (Lipinski definition) is 5. The minimum absolute atomic E-state index is 1.02. The zero-order chi connectivity index (χ0) is 24.0. The number of nitrogens with one attached hydrogen (secondary N) is 1. The summed E-state index contributed by atoms with van der Waals surface area (Å²) in [5.74, 6) is 0. The number of thiophene rings is 2. The third kappa shape index (κ3) is 1.86. The Morgan fingerprint density at radius 3 is 2.17 bits per heavy atom. The summed E-state index contributed by atoms with van der Waals surface area (Å²) in [5, 5.41) is 27.8. The molecular formula is C30H17N3S3. The number of aromatic amines is 1. The van der Waals surface area contributed by atoms with E-state index in [-0.39, 0.29) is 0 Å². The van der Waals surface area contributed by atoms with Crippen molar-refractivity contribution < 1.29 is 0 Å². The molecule has 9 aromatic rings. The molecule has 0 aliphatic rings. The predicted octanol–water partition coefficient (Wildman–Crippen LogP) is 5.15. The lowest BCUT2D eigenvalue weighted by Crippen LogP contribution is -2.28. The molecule has 0 unspecified atom stereocenters. The molecule has 3 heterocycles. The quantitative estimate of drug-likeness (QED) is 0.128. The molecular weight excluding hydrogens is 499 g/mol. The van der Waals surface area contributed by atoms with Crippen LogP contribution in [0.15, 0.2) is 35.2 Å². The molecule has 3 nitrogen and oxygen atoms in total. The van der Waals surface area contributed by atoms with E-state index >= 15 is 0 Å². The smallest absolute Gasteiger partial charge is 0.101 e. The molecule has 0 amide bonds. The molecule has 2 bridgehead atoms. The zero-order valence-electron chi connectivity index (χ0n) is 18.8. The van der Waals surface area contributed by atoms with E-state index in [1.807, 2.05) is 5.41 Å². The Morgan fingerprint density at radius 1 is 0.694 bits per heavy atom. The molecule has 170 valence electrons. The van der Waals surface area contributed by atoms with Crippen LogP contribution in [0.4, 0.5) is 0 Å². The molecule has 0 atom stereocenters. The van der Waals surface area contributed by atoms with Gasteiger partial charge in [0.1, 0.15) is 4.83 Å². The van der Waals surface area contributed by atoms with E-state index in [1.54, 1.807) is 35.1 Å². The molecule has 9 rings (SSSR count). The van der Waals surface area contributed by atoms with Crippen LogP contribution in [0.1, 0.15) is 0 Å². The first-order valence-corrected chi connectivity index (χ1v) is 13.9. The molecule has 0 fully saturated rings. The van der Waals surface area contributed by atoms with E-state index in [1.165, 1.54) is 69.3 Å². The molecule has 6 heteroatoms. The molecule has 36 heavy (non-hydrogen) atoms. The molecule has 6 aromatic carbocycles. The number of benzene rings is 6. The average Bonchev–Trinajstić information content (AvgIpc) is 3.51. The Labute approximate surface area is 216 Å². The second kappa shape index (κ2) is 6.16. The van der Waals surface area contributed by atoms with Gasteiger partial charge >= 0.3 is 0 Å². The number of hydrogen-bond donors (Lipinski definition) is 4. The lowest BCUT2D eigenvalue weighted by atomic mass is 9.81. The van der Waals surface area contributed by atoms with Gasteiger partial charge in [0.2, 0.25) is 0 Å². The molecule has 0 saturated heterocycles. The maximum absolute atomic E-state index is 6.32. The summed E-state index contributed by atoms with van der Waals surface area (Å²) in [6, 6.07) is 6.74. The van der Waals surface area contributed by atoms with Crippen molar-refractivity contribution in [1.29, 1.82) is 0 Å². The second-order valence-corrected chi connectivity index (χ2v) is 11.6. The molecule has 0 spiro atoms. The Bertz CT molecular complexity index is 2630. The van der Waals surface area contributed by atoms with Gasteiger partial charge in [0.25, 0.3) is 0 Å². The monoisotopic (exact) mass is 515 g/mol. The van der Waals surface area contributed by atoms with Crippen molar-refractivity contribution >= 4 is 145 Å². The lowest BCUT2D eigenvalue weighted by molar-refractivity contribution is 1.49. The van der Waals surface area contributed by atoms with Crippen molar-refractivity contribution in [2.45, 2.75) is 0 Å². The number of nitrogens with two attached hydrogens (primary N) is 2. The number of H-pyrrole nitrogens is 1. The maximum atomic E-state index is 6.32. The highest BCUT2D eigenvalue weighted by atomic mass is 32.1. The van der Waals surface area contributed by atoms with Crippen molar-refractivity contribution in [2.75, 3.05) is 0 Å². The summed E-state index contributed by atoms with van der Waals surface area (Å²) in [4.78, 5) is 4.79. The van der Waals surface area contributed by atoms with Crippen molar-refractivity contribution in [3.05, 3.63) is 56.0 Å². The Morgan fingerprint density at radius 2 is 1.39 bits per heavy atom. The molecule has 0 saturated carbocycles. The Hall–Kier alpha value is -3.71. The van der Waals surface area contributed by atoms with Crippen molar-refractivity contribution in [3.63, 3.8) is 0 Å². The largest absolute Gasteiger partial charge is 0.404 e. The maximum Gasteiger partial charge on any atom is 0.101 e. The van der Waals surface area contributed by atoms with Gasteiger partial charge in [-0.15, -0.1) is 22.7 Å². The summed E-state index contributed by atoms with van der Waals surface area (Å²) >= 11 is 8.18. The van der Waals surface area contributed by atoms with E-state index in [0.717, 1.165) is 36.5 Å². The van der Waals surface area contributed by atoms with Crippen LogP contribution in [0.25, 0.3) is 109 Å². The van der Waals surface area contributed by atoms with E-state index in [0.29, 0.717) is 0 Å². The fourth-order valence-electron chi connectivity index (χ4n) is 6.94. The number of thiol groups is 1. The third-order valence-electron chi connectivity index (χ3n) is 8.29. The van der Waals surface area contributed by atoms with Gasteiger partial charge < -0.3 is 16.5 Å². The van der Waals surface area contributed by atoms with Gasteiger partial charge in [-0.1, -0.05) is 18.7 Å². The van der Waals surface area contributed by atoms with Crippen LogP contribution >= 0.6 is 35.3 Å². The fraction of sp³-hybridized carbons (Fsp3) is 0. The van der Waals surface area contributed by atoms with Crippen LogP contribution in [0.2, 0.25) is 0 Å². The van der Waals surface area contributed by atoms with Crippen LogP contribution < -0.4 is 32.3 Å². The lowest BCUT2D eigenvalue weighted by Gasteiger charge is -2.21. The first kappa shape index (κ1) is 19.5. The van der Waals surface area contributed by atoms with Gasteiger partial charge in [-0.05, 0) is 65.0 Å². The summed E-state index contributed by atoms with van der Waals surface area (Å²) < 4.78 is 1.26. The summed E-state index contributed by atoms with van der Waals surface area (Å²) in [6.07, 6.45) is 5.64. The minimum Gasteiger partial charge on any atom is -0.404 e. The van der Waals surface area contributed by atoms with Crippen LogP contribution in [-0.2, 0) is 0 Å². The first-order chi connectivity index (χ1) is 17.7. The van der Waals surface area contributed by atoms with E-state index < -0.39 is 0 Å². The van der Waals surface area contributed by atoms with E-state index in [2.05, 4.69) is 59.3 Å². The standard InChI is InChI=1S/C30H17N3S3/c1-11-17-7-33-30-27-19(10-36-30)15(5-31)12-2-3-13-18(8-34)16(6-32)14-4-21-23(20(17)9-35-21)28-22(11)29(27)25(12)24(13)26(14)28/h2-10,33-34H,1,31-32H2/b15-5+,16-6+,17-7?,18-8+. The minimum atomic E-state index is 1.02. The van der Waals surface area contributed by atoms with Crippen LogP contribution in [-0.4, -0.2) is 4.98 Å². The number of rotatable bonds is 0. The molecule has 0 aliphatic carbocycles. The molecule has 3 aromatic heterocycles. The molecule has 0 aliphatic heterocycles. The number of fused-ring (bicyclic) bond motifs is 2. The third-order valence-corrected chi connectivity index (χ3v) is 10.4. The van der Waals surface area contributed by atoms with Gasteiger partial charge in [0.05, 0.1) is 0 Å². The van der Waals surface area contributed by atoms with E-state index in [4.69, 9.17) is 11.5 Å². The summed E-state index contributed by atoms with van der Waals surface area (Å²) in [5.41, 5.74) is 12.6. The highest BCUT2D eigenvalue weighted by Crippen LogP contribution is 2.49. The van der Waals surface area contributed by atoms with Crippen molar-refractivity contribution in [1.82, 2.24) is 4.98 Å². The molecule has 0 radical (unpaired) electrons. The highest BCUT2D eigenvalue weighted by molar-refractivity contribution is 7.88. The van der Waals surface area contributed by atoms with Gasteiger partial charge in [-0.25, -0.2) is 0 Å². The van der Waals surface area contributed by atoms with Crippen molar-refractivity contribution in [3.8, 4) is 0 Å². The normalized spacial score (nSPS) is 15.1. The molecule has 5 N–H and O–H groups in total. The second-order valence-electron chi connectivity index (χ2n) is 9.60. The van der Waals surface area contributed by atoms with Gasteiger partial charge in [-0.3, -0.25) is 0 Å². The fourth-order valence-corrected chi connectivity index (χ4v) is 9.16. The number of aromatic nitrogens is 1. The Kier molecular flexibility index (Phi) is 3.33. The Balaban J connectivity index is 1.93. The van der Waals surface area contributed by atoms with E-state index in [9.17, 15) is 0 Å². The highest BCUT2D eigenvalue weighted by Gasteiger charge is 2.26. The zero-order valence-corrected chi connectivity index (χ0v) is 21.3. The average molecular weight is 516 g/mol. The summed E-state index contributed by atoms with van der Waals surface area (Å²) in [7, 11) is 0. The van der Waals surface area contributed by atoms with Gasteiger partial charge in [-0.2, -0.15) is 12.6 Å².